The second kappa shape index (κ2) is 4.50. The van der Waals surface area contributed by atoms with E-state index in [1.165, 1.54) is 0 Å². The highest BCUT2D eigenvalue weighted by Gasteiger charge is 2.00. The number of hydrogen-bond acceptors (Lipinski definition) is 2. The molecule has 0 aromatic heterocycles. The molecule has 0 rings (SSSR count). The third-order valence-corrected chi connectivity index (χ3v) is 1.18. The van der Waals surface area contributed by atoms with Crippen molar-refractivity contribution < 1.29 is 4.79 Å². The first-order valence-electron chi connectivity index (χ1n) is 3.25. The highest BCUT2D eigenvalue weighted by atomic mass is 16.1. The summed E-state index contributed by atoms with van der Waals surface area (Å²) >= 11 is 0. The molecular formula is C7H15NO. The minimum Gasteiger partial charge on any atom is -0.309 e. The van der Waals surface area contributed by atoms with E-state index in [2.05, 4.69) is 11.8 Å². The molecule has 0 aliphatic carbocycles. The Labute approximate surface area is 56.9 Å². The van der Waals surface area contributed by atoms with Crippen LogP contribution in [-0.4, -0.2) is 31.8 Å². The zero-order valence-corrected chi connectivity index (χ0v) is 6.42. The van der Waals surface area contributed by atoms with Crippen molar-refractivity contribution in [3.63, 3.8) is 0 Å². The normalized spacial score (nSPS) is 13.8. The number of rotatable bonds is 4. The molecule has 0 spiro atoms. The quantitative estimate of drug-likeness (QED) is 0.523. The Morgan fingerprint density at radius 3 is 2.44 bits per heavy atom. The van der Waals surface area contributed by atoms with Gasteiger partial charge in [-0.05, 0) is 20.0 Å². The average Bonchev–Trinajstić information content (AvgIpc) is 1.63. The van der Waals surface area contributed by atoms with Crippen molar-refractivity contribution in [2.45, 2.75) is 13.3 Å². The van der Waals surface area contributed by atoms with E-state index >= 15 is 0 Å². The first-order valence-corrected chi connectivity index (χ1v) is 3.25. The van der Waals surface area contributed by atoms with Crippen LogP contribution in [0.15, 0.2) is 0 Å². The fourth-order valence-corrected chi connectivity index (χ4v) is 0.862. The molecule has 0 fully saturated rings. The molecule has 54 valence electrons. The summed E-state index contributed by atoms with van der Waals surface area (Å²) in [7, 11) is 4.03. The highest BCUT2D eigenvalue weighted by Crippen LogP contribution is 1.98. The number of hydrogen-bond donors (Lipinski definition) is 0. The van der Waals surface area contributed by atoms with Crippen LogP contribution >= 0.6 is 0 Å². The van der Waals surface area contributed by atoms with Crippen molar-refractivity contribution in [1.29, 1.82) is 0 Å². The van der Waals surface area contributed by atoms with Gasteiger partial charge in [-0.2, -0.15) is 0 Å². The lowest BCUT2D eigenvalue weighted by Gasteiger charge is -2.13. The van der Waals surface area contributed by atoms with Gasteiger partial charge < -0.3 is 9.69 Å². The van der Waals surface area contributed by atoms with Crippen molar-refractivity contribution >= 4 is 6.29 Å². The molecule has 0 radical (unpaired) electrons. The van der Waals surface area contributed by atoms with E-state index in [1.807, 2.05) is 14.1 Å². The van der Waals surface area contributed by atoms with Gasteiger partial charge in [0.05, 0.1) is 0 Å². The Balaban J connectivity index is 3.25. The predicted octanol–water partition coefficient (Wildman–Crippen LogP) is 0.773. The molecule has 0 saturated carbocycles. The van der Waals surface area contributed by atoms with Gasteiger partial charge in [0.1, 0.15) is 6.29 Å². The zero-order chi connectivity index (χ0) is 7.28. The molecule has 0 amide bonds. The number of carbonyl (C=O) groups is 1. The lowest BCUT2D eigenvalue weighted by molar-refractivity contribution is -0.108. The number of carbonyl (C=O) groups excluding carboxylic acids is 1. The molecule has 0 saturated heterocycles. The minimum atomic E-state index is 0.498. The molecule has 1 atom stereocenters. The van der Waals surface area contributed by atoms with Gasteiger partial charge in [-0.25, -0.2) is 0 Å². The maximum Gasteiger partial charge on any atom is 0.120 e. The summed E-state index contributed by atoms with van der Waals surface area (Å²) in [4.78, 5) is 12.1. The second-order valence-corrected chi connectivity index (χ2v) is 2.77. The van der Waals surface area contributed by atoms with Crippen LogP contribution < -0.4 is 0 Å². The van der Waals surface area contributed by atoms with Crippen LogP contribution in [0.4, 0.5) is 0 Å². The summed E-state index contributed by atoms with van der Waals surface area (Å²) in [6, 6.07) is 0. The van der Waals surface area contributed by atoms with Gasteiger partial charge in [-0.15, -0.1) is 0 Å². The highest BCUT2D eigenvalue weighted by molar-refractivity contribution is 5.49. The van der Waals surface area contributed by atoms with Crippen LogP contribution in [0.1, 0.15) is 13.3 Å². The van der Waals surface area contributed by atoms with Crippen LogP contribution in [-0.2, 0) is 4.79 Å². The SMILES string of the molecule is C[C@@H](CC=O)CN(C)C. The summed E-state index contributed by atoms with van der Waals surface area (Å²) in [5.74, 6) is 0.498. The van der Waals surface area contributed by atoms with E-state index in [9.17, 15) is 4.79 Å². The van der Waals surface area contributed by atoms with Crippen LogP contribution in [0.5, 0.6) is 0 Å². The molecule has 0 bridgehead atoms. The Kier molecular flexibility index (Phi) is 4.32. The van der Waals surface area contributed by atoms with Crippen molar-refractivity contribution in [2.24, 2.45) is 5.92 Å². The van der Waals surface area contributed by atoms with Crippen LogP contribution in [0.25, 0.3) is 0 Å². The van der Waals surface area contributed by atoms with Crippen LogP contribution in [0.2, 0.25) is 0 Å². The van der Waals surface area contributed by atoms with Crippen molar-refractivity contribution in [3.05, 3.63) is 0 Å². The molecule has 9 heavy (non-hydrogen) atoms. The Morgan fingerprint density at radius 1 is 1.56 bits per heavy atom. The van der Waals surface area contributed by atoms with E-state index < -0.39 is 0 Å². The molecule has 0 aromatic carbocycles. The van der Waals surface area contributed by atoms with E-state index in [4.69, 9.17) is 0 Å². The molecule has 2 nitrogen and oxygen atoms in total. The summed E-state index contributed by atoms with van der Waals surface area (Å²) < 4.78 is 0. The van der Waals surface area contributed by atoms with Gasteiger partial charge in [-0.1, -0.05) is 6.92 Å². The molecule has 0 aliphatic heterocycles. The molecule has 2 heteroatoms. The van der Waals surface area contributed by atoms with E-state index in [0.29, 0.717) is 12.3 Å². The molecule has 0 N–H and O–H groups in total. The van der Waals surface area contributed by atoms with Gasteiger partial charge in [0.15, 0.2) is 0 Å². The largest absolute Gasteiger partial charge is 0.309 e. The topological polar surface area (TPSA) is 20.3 Å². The van der Waals surface area contributed by atoms with E-state index in [0.717, 1.165) is 12.8 Å². The molecular weight excluding hydrogens is 114 g/mol. The summed E-state index contributed by atoms with van der Waals surface area (Å²) in [6.07, 6.45) is 1.66. The van der Waals surface area contributed by atoms with Crippen molar-refractivity contribution in [2.75, 3.05) is 20.6 Å². The van der Waals surface area contributed by atoms with Crippen molar-refractivity contribution in [3.8, 4) is 0 Å². The van der Waals surface area contributed by atoms with Crippen molar-refractivity contribution in [1.82, 2.24) is 4.90 Å². The first kappa shape index (κ1) is 8.63. The number of nitrogens with zero attached hydrogens (tertiary/aromatic N) is 1. The van der Waals surface area contributed by atoms with E-state index in [1.54, 1.807) is 0 Å². The van der Waals surface area contributed by atoms with Crippen LogP contribution in [0, 0.1) is 5.92 Å². The maximum atomic E-state index is 9.98. The average molecular weight is 129 g/mol. The molecule has 0 aromatic rings. The van der Waals surface area contributed by atoms with Gasteiger partial charge in [0.25, 0.3) is 0 Å². The predicted molar refractivity (Wildman–Crippen MR) is 38.4 cm³/mol. The molecule has 0 unspecified atom stereocenters. The summed E-state index contributed by atoms with van der Waals surface area (Å²) in [5.41, 5.74) is 0. The summed E-state index contributed by atoms with van der Waals surface area (Å²) in [6.45, 7) is 3.08. The first-order chi connectivity index (χ1) is 4.16. The monoisotopic (exact) mass is 129 g/mol. The number of aldehydes is 1. The molecule has 0 heterocycles. The fraction of sp³-hybridized carbons (Fsp3) is 0.857. The standard InChI is InChI=1S/C7H15NO/c1-7(4-5-9)6-8(2)3/h5,7H,4,6H2,1-3H3/t7-/m0/s1. The maximum absolute atomic E-state index is 9.98. The Hall–Kier alpha value is -0.370. The smallest absolute Gasteiger partial charge is 0.120 e. The van der Waals surface area contributed by atoms with E-state index in [-0.39, 0.29) is 0 Å². The summed E-state index contributed by atoms with van der Waals surface area (Å²) in [5, 5.41) is 0. The third-order valence-electron chi connectivity index (χ3n) is 1.18. The van der Waals surface area contributed by atoms with Gasteiger partial charge in [-0.3, -0.25) is 0 Å². The van der Waals surface area contributed by atoms with Gasteiger partial charge in [0.2, 0.25) is 0 Å². The Bertz CT molecular complexity index is 81.0. The van der Waals surface area contributed by atoms with Gasteiger partial charge in [0, 0.05) is 13.0 Å². The van der Waals surface area contributed by atoms with Crippen LogP contribution in [0.3, 0.4) is 0 Å². The second-order valence-electron chi connectivity index (χ2n) is 2.77. The lowest BCUT2D eigenvalue weighted by atomic mass is 10.1. The minimum absolute atomic E-state index is 0.498. The fourth-order valence-electron chi connectivity index (χ4n) is 0.862. The Morgan fingerprint density at radius 2 is 2.11 bits per heavy atom. The lowest BCUT2D eigenvalue weighted by Crippen LogP contribution is -2.19. The zero-order valence-electron chi connectivity index (χ0n) is 6.42. The van der Waals surface area contributed by atoms with Gasteiger partial charge >= 0.3 is 0 Å². The molecule has 0 aliphatic rings. The third kappa shape index (κ3) is 5.50.